The zero-order chi connectivity index (χ0) is 20.5. The molecule has 0 aliphatic carbocycles. The van der Waals surface area contributed by atoms with Gasteiger partial charge in [0, 0.05) is 11.3 Å². The summed E-state index contributed by atoms with van der Waals surface area (Å²) in [6.07, 6.45) is 0. The number of carbonyl (C=O) groups is 2. The molecule has 0 radical (unpaired) electrons. The van der Waals surface area contributed by atoms with Crippen molar-refractivity contribution in [2.75, 3.05) is 4.90 Å². The average Bonchev–Trinajstić information content (AvgIpc) is 3.00. The topological polar surface area (TPSA) is 77.8 Å². The van der Waals surface area contributed by atoms with Crippen molar-refractivity contribution < 1.29 is 19.8 Å². The molecule has 3 aromatic rings. The second kappa shape index (κ2) is 7.28. The van der Waals surface area contributed by atoms with E-state index in [1.807, 2.05) is 25.1 Å². The normalized spacial score (nSPS) is 18.2. The minimum atomic E-state index is -0.806. The highest BCUT2D eigenvalue weighted by Gasteiger charge is 2.46. The van der Waals surface area contributed by atoms with Crippen LogP contribution in [0, 0.1) is 6.92 Å². The zero-order valence-corrected chi connectivity index (χ0v) is 15.7. The van der Waals surface area contributed by atoms with Gasteiger partial charge in [-0.15, -0.1) is 0 Å². The first kappa shape index (κ1) is 18.5. The van der Waals surface area contributed by atoms with Crippen LogP contribution in [0.15, 0.2) is 84.4 Å². The second-order valence-electron chi connectivity index (χ2n) is 6.96. The molecule has 1 amide bonds. The van der Waals surface area contributed by atoms with Crippen LogP contribution in [0.4, 0.5) is 5.69 Å². The molecule has 0 bridgehead atoms. The predicted molar refractivity (Wildman–Crippen MR) is 111 cm³/mol. The number of phenolic OH excluding ortho intramolecular Hbond substituents is 1. The summed E-state index contributed by atoms with van der Waals surface area (Å²) >= 11 is 0. The maximum Gasteiger partial charge on any atom is 0.300 e. The van der Waals surface area contributed by atoms with Gasteiger partial charge in [-0.25, -0.2) is 0 Å². The number of Topliss-reactive ketones (excluding diaryl/α,β-unsaturated/α-hetero) is 1. The Morgan fingerprint density at radius 3 is 2.10 bits per heavy atom. The van der Waals surface area contributed by atoms with Crippen molar-refractivity contribution in [1.29, 1.82) is 0 Å². The molecular weight excluding hydrogens is 366 g/mol. The lowest BCUT2D eigenvalue weighted by atomic mass is 9.95. The van der Waals surface area contributed by atoms with Crippen LogP contribution in [0.5, 0.6) is 5.75 Å². The number of benzene rings is 3. The van der Waals surface area contributed by atoms with E-state index in [-0.39, 0.29) is 17.1 Å². The van der Waals surface area contributed by atoms with Gasteiger partial charge in [0.05, 0.1) is 11.6 Å². The van der Waals surface area contributed by atoms with Gasteiger partial charge in [0.1, 0.15) is 11.5 Å². The summed E-state index contributed by atoms with van der Waals surface area (Å²) in [5, 5.41) is 20.6. The van der Waals surface area contributed by atoms with Crippen LogP contribution in [-0.4, -0.2) is 21.9 Å². The summed E-state index contributed by atoms with van der Waals surface area (Å²) in [7, 11) is 0. The van der Waals surface area contributed by atoms with Crippen LogP contribution in [-0.2, 0) is 9.59 Å². The lowest BCUT2D eigenvalue weighted by Gasteiger charge is -2.25. The van der Waals surface area contributed by atoms with Gasteiger partial charge in [-0.05, 0) is 36.8 Å². The number of hydrogen-bond donors (Lipinski definition) is 2. The first-order chi connectivity index (χ1) is 14.0. The minimum absolute atomic E-state index is 0.0217. The third kappa shape index (κ3) is 3.27. The first-order valence-electron chi connectivity index (χ1n) is 9.19. The van der Waals surface area contributed by atoms with Gasteiger partial charge in [-0.3, -0.25) is 14.5 Å². The lowest BCUT2D eigenvalue weighted by molar-refractivity contribution is -0.132. The molecule has 3 aromatic carbocycles. The molecule has 1 aliphatic heterocycles. The van der Waals surface area contributed by atoms with Gasteiger partial charge in [0.2, 0.25) is 0 Å². The molecule has 144 valence electrons. The summed E-state index contributed by atoms with van der Waals surface area (Å²) in [5.41, 5.74) is 2.66. The molecule has 1 saturated heterocycles. The van der Waals surface area contributed by atoms with E-state index in [0.29, 0.717) is 16.8 Å². The van der Waals surface area contributed by atoms with Crippen molar-refractivity contribution in [1.82, 2.24) is 0 Å². The van der Waals surface area contributed by atoms with E-state index < -0.39 is 17.7 Å². The molecule has 0 spiro atoms. The minimum Gasteiger partial charge on any atom is -0.508 e. The molecule has 5 nitrogen and oxygen atoms in total. The van der Waals surface area contributed by atoms with Crippen molar-refractivity contribution in [3.05, 3.63) is 101 Å². The molecule has 1 atom stereocenters. The van der Waals surface area contributed by atoms with E-state index >= 15 is 0 Å². The lowest BCUT2D eigenvalue weighted by Crippen LogP contribution is -2.29. The maximum absolute atomic E-state index is 13.0. The van der Waals surface area contributed by atoms with E-state index in [0.717, 1.165) is 5.56 Å². The number of anilines is 1. The van der Waals surface area contributed by atoms with E-state index in [9.17, 15) is 19.8 Å². The standard InChI is InChI=1S/C24H19NO4/c1-15-7-9-17(10-8-15)22(27)20-21(16-11-13-19(26)14-12-16)25(24(29)23(20)28)18-5-3-2-4-6-18/h2-14,21,26-27H,1H3/b22-20-. The Kier molecular flexibility index (Phi) is 4.64. The van der Waals surface area contributed by atoms with Gasteiger partial charge >= 0.3 is 0 Å². The monoisotopic (exact) mass is 385 g/mol. The van der Waals surface area contributed by atoms with Crippen molar-refractivity contribution >= 4 is 23.1 Å². The van der Waals surface area contributed by atoms with Gasteiger partial charge in [0.15, 0.2) is 0 Å². The third-order valence-electron chi connectivity index (χ3n) is 5.01. The van der Waals surface area contributed by atoms with Crippen LogP contribution in [0.1, 0.15) is 22.7 Å². The quantitative estimate of drug-likeness (QED) is 0.400. The fraction of sp³-hybridized carbons (Fsp3) is 0.0833. The molecule has 1 aliphatic rings. The number of amides is 1. The van der Waals surface area contributed by atoms with E-state index in [1.165, 1.54) is 17.0 Å². The number of nitrogens with zero attached hydrogens (tertiary/aromatic N) is 1. The molecule has 0 aromatic heterocycles. The number of para-hydroxylation sites is 1. The Hall–Kier alpha value is -3.86. The molecule has 0 saturated carbocycles. The van der Waals surface area contributed by atoms with Gasteiger partial charge in [0.25, 0.3) is 11.7 Å². The van der Waals surface area contributed by atoms with Crippen LogP contribution < -0.4 is 4.90 Å². The van der Waals surface area contributed by atoms with Gasteiger partial charge in [-0.1, -0.05) is 60.2 Å². The fourth-order valence-corrected chi connectivity index (χ4v) is 3.53. The van der Waals surface area contributed by atoms with E-state index in [4.69, 9.17) is 0 Å². The maximum atomic E-state index is 13.0. The van der Waals surface area contributed by atoms with Gasteiger partial charge < -0.3 is 10.2 Å². The number of phenols is 1. The number of aliphatic hydroxyl groups excluding tert-OH is 1. The van der Waals surface area contributed by atoms with Crippen molar-refractivity contribution in [2.45, 2.75) is 13.0 Å². The molecular formula is C24H19NO4. The highest BCUT2D eigenvalue weighted by Crippen LogP contribution is 2.42. The summed E-state index contributed by atoms with van der Waals surface area (Å²) < 4.78 is 0. The van der Waals surface area contributed by atoms with E-state index in [1.54, 1.807) is 48.5 Å². The summed E-state index contributed by atoms with van der Waals surface area (Å²) in [6.45, 7) is 1.93. The third-order valence-corrected chi connectivity index (χ3v) is 5.01. The smallest absolute Gasteiger partial charge is 0.300 e. The summed E-state index contributed by atoms with van der Waals surface area (Å²) in [6, 6.07) is 21.4. The van der Waals surface area contributed by atoms with Crippen LogP contribution in [0.25, 0.3) is 5.76 Å². The number of ketones is 1. The molecule has 1 heterocycles. The number of rotatable bonds is 3. The van der Waals surface area contributed by atoms with Gasteiger partial charge in [-0.2, -0.15) is 0 Å². The number of carbonyl (C=O) groups excluding carboxylic acids is 2. The Morgan fingerprint density at radius 2 is 1.48 bits per heavy atom. The second-order valence-corrected chi connectivity index (χ2v) is 6.96. The van der Waals surface area contributed by atoms with Crippen molar-refractivity contribution in [2.24, 2.45) is 0 Å². The summed E-state index contributed by atoms with van der Waals surface area (Å²) in [5.74, 6) is -1.60. The Bertz CT molecular complexity index is 1100. The molecule has 1 fully saturated rings. The Morgan fingerprint density at radius 1 is 0.862 bits per heavy atom. The largest absolute Gasteiger partial charge is 0.508 e. The number of hydrogen-bond acceptors (Lipinski definition) is 4. The van der Waals surface area contributed by atoms with Crippen molar-refractivity contribution in [3.8, 4) is 5.75 Å². The number of aryl methyl sites for hydroxylation is 1. The van der Waals surface area contributed by atoms with Crippen LogP contribution in [0.3, 0.4) is 0 Å². The van der Waals surface area contributed by atoms with Crippen LogP contribution >= 0.6 is 0 Å². The Labute approximate surface area is 168 Å². The number of aliphatic hydroxyl groups is 1. The van der Waals surface area contributed by atoms with E-state index in [2.05, 4.69) is 0 Å². The molecule has 29 heavy (non-hydrogen) atoms. The highest BCUT2D eigenvalue weighted by molar-refractivity contribution is 6.51. The SMILES string of the molecule is Cc1ccc(/C(O)=C2/C(=O)C(=O)N(c3ccccc3)C2c2ccc(O)cc2)cc1. The fourth-order valence-electron chi connectivity index (χ4n) is 3.53. The Balaban J connectivity index is 1.94. The predicted octanol–water partition coefficient (Wildman–Crippen LogP) is 4.33. The molecule has 4 rings (SSSR count). The highest BCUT2D eigenvalue weighted by atomic mass is 16.3. The van der Waals surface area contributed by atoms with Crippen molar-refractivity contribution in [3.63, 3.8) is 0 Å². The molecule has 2 N–H and O–H groups in total. The summed E-state index contributed by atoms with van der Waals surface area (Å²) in [4.78, 5) is 27.3. The van der Waals surface area contributed by atoms with Crippen LogP contribution in [0.2, 0.25) is 0 Å². The molecule has 5 heteroatoms. The zero-order valence-electron chi connectivity index (χ0n) is 15.7. The molecule has 1 unspecified atom stereocenters. The first-order valence-corrected chi connectivity index (χ1v) is 9.19. The average molecular weight is 385 g/mol. The number of aromatic hydroxyl groups is 1.